The van der Waals surface area contributed by atoms with Gasteiger partial charge in [-0.15, -0.1) is 0 Å². The summed E-state index contributed by atoms with van der Waals surface area (Å²) in [6.45, 7) is 4.72. The molecule has 8 heteroatoms. The highest BCUT2D eigenvalue weighted by Crippen LogP contribution is 2.27. The molecular formula is C11H19FN4O2S. The number of nitrogens with zero attached hydrogens (tertiary/aromatic N) is 3. The highest BCUT2D eigenvalue weighted by molar-refractivity contribution is 8.01. The molecule has 0 saturated carbocycles. The van der Waals surface area contributed by atoms with E-state index in [-0.39, 0.29) is 16.5 Å². The van der Waals surface area contributed by atoms with Gasteiger partial charge < -0.3 is 15.3 Å². The van der Waals surface area contributed by atoms with E-state index in [0.29, 0.717) is 5.71 Å². The van der Waals surface area contributed by atoms with Crippen molar-refractivity contribution in [2.24, 2.45) is 10.3 Å². The fourth-order valence-corrected chi connectivity index (χ4v) is 2.63. The molecule has 0 radical (unpaired) electrons. The van der Waals surface area contributed by atoms with Crippen molar-refractivity contribution in [1.29, 1.82) is 5.41 Å². The Kier molecular flexibility index (Phi) is 4.78. The van der Waals surface area contributed by atoms with Crippen molar-refractivity contribution < 1.29 is 13.4 Å². The maximum absolute atomic E-state index is 13.9. The number of hydrazone groups is 1. The highest BCUT2D eigenvalue weighted by atomic mass is 32.2. The van der Waals surface area contributed by atoms with Crippen LogP contribution in [-0.2, 0) is 15.6 Å². The molecule has 0 aromatic carbocycles. The number of nitrogens with one attached hydrogen (secondary N) is 1. The van der Waals surface area contributed by atoms with Gasteiger partial charge in [-0.25, -0.2) is 4.39 Å². The molecule has 0 fully saturated rings. The van der Waals surface area contributed by atoms with Gasteiger partial charge in [-0.2, -0.15) is 5.10 Å². The molecule has 0 saturated heterocycles. The molecule has 1 aliphatic heterocycles. The van der Waals surface area contributed by atoms with Crippen LogP contribution in [0.5, 0.6) is 0 Å². The van der Waals surface area contributed by atoms with Crippen LogP contribution in [-0.4, -0.2) is 57.3 Å². The van der Waals surface area contributed by atoms with Crippen LogP contribution in [0.2, 0.25) is 0 Å². The van der Waals surface area contributed by atoms with Crippen LogP contribution >= 0.6 is 0 Å². The minimum Gasteiger partial charge on any atom is -0.385 e. The zero-order chi connectivity index (χ0) is 14.8. The molecule has 1 aliphatic rings. The molecule has 108 valence electrons. The predicted octanol–water partition coefficient (Wildman–Crippen LogP) is 1.15. The molecule has 0 spiro atoms. The smallest absolute Gasteiger partial charge is 0.195 e. The monoisotopic (exact) mass is 290 g/mol. The molecule has 2 atom stereocenters. The molecule has 0 aliphatic carbocycles. The first-order valence-electron chi connectivity index (χ1n) is 5.74. The van der Waals surface area contributed by atoms with Gasteiger partial charge in [-0.05, 0) is 20.8 Å². The van der Waals surface area contributed by atoms with Gasteiger partial charge in [0.25, 0.3) is 0 Å². The quantitative estimate of drug-likeness (QED) is 0.623. The highest BCUT2D eigenvalue weighted by Gasteiger charge is 2.44. The summed E-state index contributed by atoms with van der Waals surface area (Å²) in [6, 6.07) is 0. The van der Waals surface area contributed by atoms with Gasteiger partial charge in [0.2, 0.25) is 0 Å². The Morgan fingerprint density at radius 2 is 2.21 bits per heavy atom. The third-order valence-electron chi connectivity index (χ3n) is 2.49. The molecule has 2 unspecified atom stereocenters. The Hall–Kier alpha value is -1.31. The van der Waals surface area contributed by atoms with E-state index < -0.39 is 22.6 Å². The first-order valence-corrected chi connectivity index (χ1v) is 7.06. The lowest BCUT2D eigenvalue weighted by Crippen LogP contribution is -2.37. The third kappa shape index (κ3) is 3.82. The largest absolute Gasteiger partial charge is 0.385 e. The average molecular weight is 290 g/mol. The second-order valence-electron chi connectivity index (χ2n) is 4.99. The van der Waals surface area contributed by atoms with Crippen molar-refractivity contribution in [2.75, 3.05) is 19.8 Å². The van der Waals surface area contributed by atoms with Crippen molar-refractivity contribution in [3.8, 4) is 0 Å². The molecular weight excluding hydrogens is 271 g/mol. The molecule has 19 heavy (non-hydrogen) atoms. The number of hydrogen-bond donors (Lipinski definition) is 1. The summed E-state index contributed by atoms with van der Waals surface area (Å²) in [4.78, 5) is 4.90. The van der Waals surface area contributed by atoms with Crippen molar-refractivity contribution in [3.05, 3.63) is 0 Å². The van der Waals surface area contributed by atoms with Gasteiger partial charge in [-0.3, -0.25) is 4.21 Å². The Bertz CT molecular complexity index is 460. The van der Waals surface area contributed by atoms with Crippen LogP contribution in [0, 0.1) is 5.41 Å². The van der Waals surface area contributed by atoms with E-state index in [9.17, 15) is 8.60 Å². The fourth-order valence-electron chi connectivity index (χ4n) is 1.38. The van der Waals surface area contributed by atoms with E-state index >= 15 is 0 Å². The number of hydrogen-bond acceptors (Lipinski definition) is 6. The van der Waals surface area contributed by atoms with Crippen LogP contribution in [0.15, 0.2) is 10.3 Å². The van der Waals surface area contributed by atoms with Gasteiger partial charge in [0.15, 0.2) is 16.8 Å². The van der Waals surface area contributed by atoms with Crippen molar-refractivity contribution in [3.63, 3.8) is 0 Å². The van der Waals surface area contributed by atoms with Crippen LogP contribution in [0.1, 0.15) is 20.8 Å². The Labute approximate surface area is 114 Å². The summed E-state index contributed by atoms with van der Waals surface area (Å²) >= 11 is 0. The van der Waals surface area contributed by atoms with Gasteiger partial charge >= 0.3 is 0 Å². The Balaban J connectivity index is 2.70. The third-order valence-corrected chi connectivity index (χ3v) is 3.79. The van der Waals surface area contributed by atoms with E-state index in [1.165, 1.54) is 13.8 Å². The van der Waals surface area contributed by atoms with E-state index in [2.05, 4.69) is 10.3 Å². The van der Waals surface area contributed by atoms with Crippen molar-refractivity contribution in [1.82, 2.24) is 5.01 Å². The zero-order valence-electron chi connectivity index (χ0n) is 11.7. The van der Waals surface area contributed by atoms with Crippen LogP contribution in [0.25, 0.3) is 0 Å². The Morgan fingerprint density at radius 3 is 2.63 bits per heavy atom. The number of oxime groups is 1. The number of alkyl halides is 1. The summed E-state index contributed by atoms with van der Waals surface area (Å²) in [5.74, 6) is -0.123. The Morgan fingerprint density at radius 1 is 1.63 bits per heavy atom. The molecule has 0 aromatic rings. The summed E-state index contributed by atoms with van der Waals surface area (Å²) < 4.78 is 25.9. The van der Waals surface area contributed by atoms with E-state index in [1.54, 1.807) is 26.0 Å². The summed E-state index contributed by atoms with van der Waals surface area (Å²) in [5.41, 5.74) is -0.570. The van der Waals surface area contributed by atoms with E-state index in [0.717, 1.165) is 0 Å². The molecule has 1 N–H and O–H groups in total. The summed E-state index contributed by atoms with van der Waals surface area (Å²) in [6.07, 6.45) is -1.52. The van der Waals surface area contributed by atoms with Crippen LogP contribution in [0.4, 0.5) is 4.39 Å². The molecule has 6 nitrogen and oxygen atoms in total. The van der Waals surface area contributed by atoms with Gasteiger partial charge in [0, 0.05) is 14.1 Å². The minimum absolute atomic E-state index is 0.0895. The molecule has 0 amide bonds. The van der Waals surface area contributed by atoms with Gasteiger partial charge in [0.1, 0.15) is 0 Å². The first-order chi connectivity index (χ1) is 8.65. The fraction of sp³-hybridized carbons (Fsp3) is 0.727. The first kappa shape index (κ1) is 15.7. The van der Waals surface area contributed by atoms with Gasteiger partial charge in [0.05, 0.1) is 28.0 Å². The SMILES string of the molecule is C/C(=N/N(C)C)C(=N)CS(=O)C1=NOC(C)(C)C1F. The second kappa shape index (κ2) is 5.77. The van der Waals surface area contributed by atoms with Crippen LogP contribution < -0.4 is 0 Å². The minimum atomic E-state index is -1.71. The molecule has 1 heterocycles. The number of halogens is 1. The standard InChI is InChI=1S/C11H19FN4O2S/c1-7(14-16(4)5)8(13)6-19(17)10-9(12)11(2,3)18-15-10/h9,13H,6H2,1-5H3/b13-8?,14-7-. The predicted molar refractivity (Wildman–Crippen MR) is 75.0 cm³/mol. The summed E-state index contributed by atoms with van der Waals surface area (Å²) in [7, 11) is 1.74. The van der Waals surface area contributed by atoms with Gasteiger partial charge in [-0.1, -0.05) is 5.16 Å². The average Bonchev–Trinajstić information content (AvgIpc) is 2.53. The second-order valence-corrected chi connectivity index (χ2v) is 6.39. The van der Waals surface area contributed by atoms with E-state index in [1.807, 2.05) is 0 Å². The number of rotatable bonds is 4. The van der Waals surface area contributed by atoms with Crippen molar-refractivity contribution >= 4 is 27.3 Å². The maximum atomic E-state index is 13.9. The lowest BCUT2D eigenvalue weighted by atomic mass is 10.1. The normalized spacial score (nSPS) is 23.6. The molecule has 0 bridgehead atoms. The summed E-state index contributed by atoms with van der Waals surface area (Å²) in [5, 5.41) is 16.7. The topological polar surface area (TPSA) is 78.1 Å². The maximum Gasteiger partial charge on any atom is 0.195 e. The van der Waals surface area contributed by atoms with Crippen molar-refractivity contribution in [2.45, 2.75) is 32.5 Å². The lowest BCUT2D eigenvalue weighted by molar-refractivity contribution is -0.0232. The van der Waals surface area contributed by atoms with E-state index in [4.69, 9.17) is 10.2 Å². The van der Waals surface area contributed by atoms with Crippen LogP contribution in [0.3, 0.4) is 0 Å². The molecule has 1 rings (SSSR count). The molecule has 0 aromatic heterocycles. The lowest BCUT2D eigenvalue weighted by Gasteiger charge is -2.17. The zero-order valence-corrected chi connectivity index (χ0v) is 12.5.